The highest BCUT2D eigenvalue weighted by molar-refractivity contribution is 7.89. The highest BCUT2D eigenvalue weighted by Gasteiger charge is 2.24. The number of benzene rings is 1. The molecule has 20 heavy (non-hydrogen) atoms. The lowest BCUT2D eigenvalue weighted by atomic mass is 10.2. The molecule has 0 bridgehead atoms. The molecule has 0 heterocycles. The molecule has 0 saturated carbocycles. The molecule has 0 aliphatic carbocycles. The highest BCUT2D eigenvalue weighted by Crippen LogP contribution is 2.20. The van der Waals surface area contributed by atoms with Crippen LogP contribution >= 0.6 is 0 Å². The zero-order valence-corrected chi connectivity index (χ0v) is 10.9. The van der Waals surface area contributed by atoms with Crippen molar-refractivity contribution in [2.45, 2.75) is 17.7 Å². The summed E-state index contributed by atoms with van der Waals surface area (Å²) in [6.07, 6.45) is -0.297. The first kappa shape index (κ1) is 16.0. The number of carboxylic acids is 1. The van der Waals surface area contributed by atoms with E-state index in [-0.39, 0.29) is 24.9 Å². The van der Waals surface area contributed by atoms with Gasteiger partial charge in [-0.25, -0.2) is 21.9 Å². The van der Waals surface area contributed by atoms with Gasteiger partial charge in [-0.2, -0.15) is 5.26 Å². The molecular weight excluding hydrogens is 294 g/mol. The molecule has 2 N–H and O–H groups in total. The average Bonchev–Trinajstić information content (AvgIpc) is 2.33. The van der Waals surface area contributed by atoms with Crippen molar-refractivity contribution >= 4 is 16.0 Å². The first-order chi connectivity index (χ1) is 9.27. The number of aliphatic carboxylic acids is 1. The summed E-state index contributed by atoms with van der Waals surface area (Å²) in [6.45, 7) is -0.270. The second-order valence-corrected chi connectivity index (χ2v) is 5.48. The van der Waals surface area contributed by atoms with Gasteiger partial charge in [-0.1, -0.05) is 0 Å². The molecule has 0 unspecified atom stereocenters. The number of carboxylic acid groups (broad SMARTS) is 1. The SMILES string of the molecule is N#Cc1cc(F)c(S(=O)(=O)NCCCC(=O)O)c(F)c1. The van der Waals surface area contributed by atoms with Crippen molar-refractivity contribution < 1.29 is 27.1 Å². The van der Waals surface area contributed by atoms with Crippen LogP contribution in [-0.2, 0) is 14.8 Å². The first-order valence-corrected chi connectivity index (χ1v) is 6.87. The van der Waals surface area contributed by atoms with Crippen LogP contribution in [0.25, 0.3) is 0 Å². The van der Waals surface area contributed by atoms with Gasteiger partial charge in [0.2, 0.25) is 10.0 Å². The second-order valence-electron chi connectivity index (χ2n) is 3.78. The second kappa shape index (κ2) is 6.40. The van der Waals surface area contributed by atoms with Crippen molar-refractivity contribution in [2.75, 3.05) is 6.54 Å². The quantitative estimate of drug-likeness (QED) is 0.762. The van der Waals surface area contributed by atoms with E-state index in [4.69, 9.17) is 10.4 Å². The standard InChI is InChI=1S/C11H10F2N2O4S/c12-8-4-7(6-14)5-9(13)11(8)20(18,19)15-3-1-2-10(16)17/h4-5,15H,1-3H2,(H,16,17). The molecule has 0 spiro atoms. The van der Waals surface area contributed by atoms with Crippen LogP contribution in [0.3, 0.4) is 0 Å². The van der Waals surface area contributed by atoms with Crippen molar-refractivity contribution in [1.82, 2.24) is 4.72 Å². The van der Waals surface area contributed by atoms with Gasteiger partial charge in [0.1, 0.15) is 11.6 Å². The van der Waals surface area contributed by atoms with E-state index in [0.717, 1.165) is 0 Å². The van der Waals surface area contributed by atoms with Gasteiger partial charge in [0, 0.05) is 13.0 Å². The summed E-state index contributed by atoms with van der Waals surface area (Å²) in [7, 11) is -4.45. The Kier molecular flexibility index (Phi) is 5.12. The molecule has 9 heteroatoms. The minimum atomic E-state index is -4.45. The average molecular weight is 304 g/mol. The van der Waals surface area contributed by atoms with Crippen LogP contribution in [0.2, 0.25) is 0 Å². The van der Waals surface area contributed by atoms with Gasteiger partial charge in [-0.3, -0.25) is 4.79 Å². The Morgan fingerprint density at radius 2 is 1.90 bits per heavy atom. The van der Waals surface area contributed by atoms with Crippen LogP contribution in [0, 0.1) is 23.0 Å². The van der Waals surface area contributed by atoms with Gasteiger partial charge in [-0.05, 0) is 18.6 Å². The number of rotatable bonds is 6. The number of hydrogen-bond donors (Lipinski definition) is 2. The summed E-state index contributed by atoms with van der Waals surface area (Å²) in [5.74, 6) is -3.88. The largest absolute Gasteiger partial charge is 0.481 e. The molecular formula is C11H10F2N2O4S. The molecule has 1 aromatic carbocycles. The molecule has 6 nitrogen and oxygen atoms in total. The van der Waals surface area contributed by atoms with Crippen molar-refractivity contribution in [3.63, 3.8) is 0 Å². The molecule has 0 aliphatic heterocycles. The normalized spacial score (nSPS) is 11.1. The lowest BCUT2D eigenvalue weighted by Gasteiger charge is -2.08. The molecule has 0 atom stereocenters. The van der Waals surface area contributed by atoms with E-state index < -0.39 is 32.5 Å². The van der Waals surface area contributed by atoms with Crippen molar-refractivity contribution in [3.05, 3.63) is 29.3 Å². The van der Waals surface area contributed by atoms with Crippen LogP contribution < -0.4 is 4.72 Å². The fourth-order valence-corrected chi connectivity index (χ4v) is 2.59. The van der Waals surface area contributed by atoms with E-state index >= 15 is 0 Å². The van der Waals surface area contributed by atoms with E-state index in [1.54, 1.807) is 0 Å². The smallest absolute Gasteiger partial charge is 0.303 e. The molecule has 0 amide bonds. The Hall–Kier alpha value is -2.05. The zero-order valence-electron chi connectivity index (χ0n) is 10.1. The summed E-state index contributed by atoms with van der Waals surface area (Å²) in [4.78, 5) is 9.06. The molecule has 1 aromatic rings. The third-order valence-corrected chi connectivity index (χ3v) is 3.77. The Balaban J connectivity index is 2.94. The fourth-order valence-electron chi connectivity index (χ4n) is 1.40. The highest BCUT2D eigenvalue weighted by atomic mass is 32.2. The minimum absolute atomic E-state index is 0.0198. The fraction of sp³-hybridized carbons (Fsp3) is 0.273. The maximum Gasteiger partial charge on any atom is 0.303 e. The number of nitriles is 1. The first-order valence-electron chi connectivity index (χ1n) is 5.38. The predicted molar refractivity (Wildman–Crippen MR) is 63.1 cm³/mol. The summed E-state index contributed by atoms with van der Waals surface area (Å²) in [5.41, 5.74) is -0.343. The van der Waals surface area contributed by atoms with E-state index in [9.17, 15) is 22.0 Å². The molecule has 0 fully saturated rings. The summed E-state index contributed by atoms with van der Waals surface area (Å²) >= 11 is 0. The molecule has 1 rings (SSSR count). The topological polar surface area (TPSA) is 107 Å². The predicted octanol–water partition coefficient (Wildman–Crippen LogP) is 0.980. The van der Waals surface area contributed by atoms with E-state index in [0.29, 0.717) is 12.1 Å². The number of carbonyl (C=O) groups is 1. The van der Waals surface area contributed by atoms with Gasteiger partial charge in [-0.15, -0.1) is 0 Å². The van der Waals surface area contributed by atoms with Crippen LogP contribution in [0.1, 0.15) is 18.4 Å². The van der Waals surface area contributed by atoms with E-state index in [1.807, 2.05) is 4.72 Å². The molecule has 108 valence electrons. The lowest BCUT2D eigenvalue weighted by molar-refractivity contribution is -0.137. The Labute approximate surface area is 113 Å². The van der Waals surface area contributed by atoms with E-state index in [1.165, 1.54) is 6.07 Å². The van der Waals surface area contributed by atoms with E-state index in [2.05, 4.69) is 0 Å². The lowest BCUT2D eigenvalue weighted by Crippen LogP contribution is -2.27. The van der Waals surface area contributed by atoms with Crippen molar-refractivity contribution in [2.24, 2.45) is 0 Å². The van der Waals surface area contributed by atoms with Crippen molar-refractivity contribution in [1.29, 1.82) is 5.26 Å². The maximum atomic E-state index is 13.5. The van der Waals surface area contributed by atoms with Gasteiger partial charge in [0.05, 0.1) is 11.6 Å². The third kappa shape index (κ3) is 3.97. The van der Waals surface area contributed by atoms with Crippen LogP contribution in [0.4, 0.5) is 8.78 Å². The Morgan fingerprint density at radius 1 is 1.35 bits per heavy atom. The molecule has 0 aliphatic rings. The third-order valence-electron chi connectivity index (χ3n) is 2.26. The Bertz CT molecular complexity index is 644. The van der Waals surface area contributed by atoms with Gasteiger partial charge in [0.25, 0.3) is 0 Å². The summed E-state index contributed by atoms with van der Waals surface area (Å²) in [6, 6.07) is 2.70. The number of sulfonamides is 1. The van der Waals surface area contributed by atoms with Gasteiger partial charge >= 0.3 is 5.97 Å². The Morgan fingerprint density at radius 3 is 2.35 bits per heavy atom. The number of halogens is 2. The summed E-state index contributed by atoms with van der Waals surface area (Å²) in [5, 5.41) is 16.9. The zero-order chi connectivity index (χ0) is 15.3. The van der Waals surface area contributed by atoms with Crippen molar-refractivity contribution in [3.8, 4) is 6.07 Å². The molecule has 0 saturated heterocycles. The number of hydrogen-bond acceptors (Lipinski definition) is 4. The molecule has 0 aromatic heterocycles. The maximum absolute atomic E-state index is 13.5. The number of nitrogens with zero attached hydrogens (tertiary/aromatic N) is 1. The summed E-state index contributed by atoms with van der Waals surface area (Å²) < 4.78 is 52.3. The van der Waals surface area contributed by atoms with Crippen LogP contribution in [0.5, 0.6) is 0 Å². The van der Waals surface area contributed by atoms with Crippen LogP contribution in [0.15, 0.2) is 17.0 Å². The monoisotopic (exact) mass is 304 g/mol. The van der Waals surface area contributed by atoms with Crippen LogP contribution in [-0.4, -0.2) is 26.0 Å². The number of nitrogens with one attached hydrogen (secondary N) is 1. The van der Waals surface area contributed by atoms with Gasteiger partial charge < -0.3 is 5.11 Å². The van der Waals surface area contributed by atoms with Gasteiger partial charge in [0.15, 0.2) is 4.90 Å². The molecule has 0 radical (unpaired) electrons. The minimum Gasteiger partial charge on any atom is -0.481 e.